The third kappa shape index (κ3) is 2.64. The molecule has 2 aromatic rings. The summed E-state index contributed by atoms with van der Waals surface area (Å²) >= 11 is 0. The van der Waals surface area contributed by atoms with Gasteiger partial charge in [-0.05, 0) is 35.9 Å². The van der Waals surface area contributed by atoms with E-state index >= 15 is 0 Å². The summed E-state index contributed by atoms with van der Waals surface area (Å²) in [6, 6.07) is 14.7. The summed E-state index contributed by atoms with van der Waals surface area (Å²) in [6.07, 6.45) is 3.43. The fraction of sp³-hybridized carbons (Fsp3) is 0.0625. The zero-order chi connectivity index (χ0) is 13.8. The second-order valence-electron chi connectivity index (χ2n) is 4.29. The second-order valence-corrected chi connectivity index (χ2v) is 4.29. The molecule has 1 aliphatic heterocycles. The van der Waals surface area contributed by atoms with Gasteiger partial charge in [0.15, 0.2) is 11.5 Å². The number of amides is 1. The van der Waals surface area contributed by atoms with Crippen molar-refractivity contribution in [1.82, 2.24) is 5.32 Å². The summed E-state index contributed by atoms with van der Waals surface area (Å²) in [5.41, 5.74) is 1.56. The predicted molar refractivity (Wildman–Crippen MR) is 75.5 cm³/mol. The molecule has 1 heterocycles. The van der Waals surface area contributed by atoms with E-state index in [-0.39, 0.29) is 12.7 Å². The molecule has 20 heavy (non-hydrogen) atoms. The van der Waals surface area contributed by atoms with Crippen LogP contribution in [0.4, 0.5) is 0 Å². The summed E-state index contributed by atoms with van der Waals surface area (Å²) in [5, 5.41) is 2.72. The van der Waals surface area contributed by atoms with Crippen molar-refractivity contribution in [3.63, 3.8) is 0 Å². The van der Waals surface area contributed by atoms with Crippen LogP contribution in [0.5, 0.6) is 11.5 Å². The number of fused-ring (bicyclic) bond motifs is 1. The molecule has 1 amide bonds. The largest absolute Gasteiger partial charge is 0.454 e. The van der Waals surface area contributed by atoms with Crippen molar-refractivity contribution in [3.05, 3.63) is 65.9 Å². The molecule has 2 aromatic carbocycles. The molecule has 0 fully saturated rings. The van der Waals surface area contributed by atoms with Crippen molar-refractivity contribution in [2.24, 2.45) is 0 Å². The summed E-state index contributed by atoms with van der Waals surface area (Å²) in [7, 11) is 0. The van der Waals surface area contributed by atoms with Crippen LogP contribution in [0.15, 0.2) is 54.7 Å². The summed E-state index contributed by atoms with van der Waals surface area (Å²) in [6.45, 7) is 0.257. The molecular formula is C16H13NO3. The maximum absolute atomic E-state index is 11.8. The van der Waals surface area contributed by atoms with E-state index in [1.165, 1.54) is 0 Å². The molecule has 0 bridgehead atoms. The highest BCUT2D eigenvalue weighted by molar-refractivity contribution is 5.95. The molecule has 0 unspecified atom stereocenters. The number of carbonyl (C=O) groups excluding carboxylic acids is 1. The Morgan fingerprint density at radius 3 is 2.70 bits per heavy atom. The molecule has 1 N–H and O–H groups in total. The highest BCUT2D eigenvalue weighted by Crippen LogP contribution is 2.32. The molecule has 100 valence electrons. The molecule has 0 aromatic heterocycles. The maximum Gasteiger partial charge on any atom is 0.255 e. The van der Waals surface area contributed by atoms with E-state index < -0.39 is 0 Å². The van der Waals surface area contributed by atoms with Crippen LogP contribution in [0.2, 0.25) is 0 Å². The molecule has 1 aliphatic rings. The molecule has 4 heteroatoms. The summed E-state index contributed by atoms with van der Waals surface area (Å²) in [5.74, 6) is 1.33. The van der Waals surface area contributed by atoms with Gasteiger partial charge in [-0.15, -0.1) is 0 Å². The van der Waals surface area contributed by atoms with Gasteiger partial charge in [0.05, 0.1) is 0 Å². The van der Waals surface area contributed by atoms with Crippen LogP contribution in [-0.2, 0) is 0 Å². The van der Waals surface area contributed by atoms with Crippen molar-refractivity contribution in [2.45, 2.75) is 0 Å². The molecule has 0 atom stereocenters. The number of rotatable bonds is 3. The molecule has 0 saturated heterocycles. The lowest BCUT2D eigenvalue weighted by Crippen LogP contribution is -2.16. The van der Waals surface area contributed by atoms with Crippen LogP contribution in [0.25, 0.3) is 6.08 Å². The third-order valence-corrected chi connectivity index (χ3v) is 2.92. The van der Waals surface area contributed by atoms with Crippen molar-refractivity contribution in [1.29, 1.82) is 0 Å². The van der Waals surface area contributed by atoms with Crippen molar-refractivity contribution < 1.29 is 14.3 Å². The molecular weight excluding hydrogens is 254 g/mol. The first-order valence-electron chi connectivity index (χ1n) is 6.25. The molecule has 0 aliphatic carbocycles. The number of benzene rings is 2. The van der Waals surface area contributed by atoms with Crippen molar-refractivity contribution in [3.8, 4) is 11.5 Å². The second kappa shape index (κ2) is 5.48. The van der Waals surface area contributed by atoms with Gasteiger partial charge in [0.2, 0.25) is 6.79 Å². The van der Waals surface area contributed by atoms with Gasteiger partial charge in [-0.25, -0.2) is 0 Å². The average molecular weight is 267 g/mol. The predicted octanol–water partition coefficient (Wildman–Crippen LogP) is 2.82. The Bertz CT molecular complexity index is 650. The monoisotopic (exact) mass is 267 g/mol. The van der Waals surface area contributed by atoms with E-state index in [0.29, 0.717) is 5.56 Å². The van der Waals surface area contributed by atoms with Crippen LogP contribution < -0.4 is 14.8 Å². The van der Waals surface area contributed by atoms with Gasteiger partial charge in [-0.1, -0.05) is 24.3 Å². The van der Waals surface area contributed by atoms with Gasteiger partial charge < -0.3 is 14.8 Å². The van der Waals surface area contributed by atoms with Crippen LogP contribution in [0.1, 0.15) is 15.9 Å². The quantitative estimate of drug-likeness (QED) is 0.930. The minimum Gasteiger partial charge on any atom is -0.454 e. The molecule has 0 radical (unpaired) electrons. The molecule has 4 nitrogen and oxygen atoms in total. The molecule has 0 spiro atoms. The van der Waals surface area contributed by atoms with E-state index in [9.17, 15) is 4.79 Å². The highest BCUT2D eigenvalue weighted by Gasteiger charge is 2.12. The number of ether oxygens (including phenoxy) is 2. The topological polar surface area (TPSA) is 47.6 Å². The Morgan fingerprint density at radius 2 is 1.85 bits per heavy atom. The van der Waals surface area contributed by atoms with Crippen LogP contribution in [0, 0.1) is 0 Å². The average Bonchev–Trinajstić information content (AvgIpc) is 2.95. The van der Waals surface area contributed by atoms with E-state index in [4.69, 9.17) is 9.47 Å². The number of nitrogens with one attached hydrogen (secondary N) is 1. The van der Waals surface area contributed by atoms with Crippen molar-refractivity contribution >= 4 is 12.0 Å². The number of hydrogen-bond acceptors (Lipinski definition) is 3. The van der Waals surface area contributed by atoms with Crippen LogP contribution in [0.3, 0.4) is 0 Å². The third-order valence-electron chi connectivity index (χ3n) is 2.92. The van der Waals surface area contributed by atoms with Crippen molar-refractivity contribution in [2.75, 3.05) is 6.79 Å². The Labute approximate surface area is 116 Å². The van der Waals surface area contributed by atoms with E-state index in [2.05, 4.69) is 5.32 Å². The lowest BCUT2D eigenvalue weighted by Gasteiger charge is -2.00. The summed E-state index contributed by atoms with van der Waals surface area (Å²) in [4.78, 5) is 11.8. The normalized spacial score (nSPS) is 12.6. The summed E-state index contributed by atoms with van der Waals surface area (Å²) < 4.78 is 10.5. The first-order chi connectivity index (χ1) is 9.83. The molecule has 0 saturated carbocycles. The number of carbonyl (C=O) groups is 1. The lowest BCUT2D eigenvalue weighted by molar-refractivity contribution is 0.0970. The Kier molecular flexibility index (Phi) is 3.37. The van der Waals surface area contributed by atoms with Gasteiger partial charge in [-0.2, -0.15) is 0 Å². The fourth-order valence-corrected chi connectivity index (χ4v) is 1.90. The van der Waals surface area contributed by atoms with Gasteiger partial charge in [0, 0.05) is 11.8 Å². The van der Waals surface area contributed by atoms with Crippen LogP contribution >= 0.6 is 0 Å². The zero-order valence-corrected chi connectivity index (χ0v) is 10.7. The smallest absolute Gasteiger partial charge is 0.255 e. The standard InChI is InChI=1S/C16H13NO3/c18-16(13-4-2-1-3-5-13)17-9-8-12-6-7-14-15(10-12)20-11-19-14/h1-10H,11H2,(H,17,18)/b9-8+. The van der Waals surface area contributed by atoms with E-state index in [1.54, 1.807) is 18.3 Å². The zero-order valence-electron chi connectivity index (χ0n) is 10.7. The maximum atomic E-state index is 11.8. The first kappa shape index (κ1) is 12.3. The highest BCUT2D eigenvalue weighted by atomic mass is 16.7. The van der Waals surface area contributed by atoms with Gasteiger partial charge in [-0.3, -0.25) is 4.79 Å². The lowest BCUT2D eigenvalue weighted by atomic mass is 10.2. The van der Waals surface area contributed by atoms with E-state index in [0.717, 1.165) is 17.1 Å². The van der Waals surface area contributed by atoms with E-state index in [1.807, 2.05) is 42.5 Å². The van der Waals surface area contributed by atoms with Gasteiger partial charge in [0.1, 0.15) is 0 Å². The Hall–Kier alpha value is -2.75. The minimum atomic E-state index is -0.136. The Morgan fingerprint density at radius 1 is 1.05 bits per heavy atom. The molecule has 3 rings (SSSR count). The van der Waals surface area contributed by atoms with Gasteiger partial charge >= 0.3 is 0 Å². The van der Waals surface area contributed by atoms with Gasteiger partial charge in [0.25, 0.3) is 5.91 Å². The van der Waals surface area contributed by atoms with Crippen LogP contribution in [-0.4, -0.2) is 12.7 Å². The minimum absolute atomic E-state index is 0.136. The first-order valence-corrected chi connectivity index (χ1v) is 6.25. The number of hydrogen-bond donors (Lipinski definition) is 1. The SMILES string of the molecule is O=C(N/C=C/c1ccc2c(c1)OCO2)c1ccccc1. The fourth-order valence-electron chi connectivity index (χ4n) is 1.90. The Balaban J connectivity index is 1.65.